The Balaban J connectivity index is 1.98. The number of nitrogens with zero attached hydrogens (tertiary/aromatic N) is 1. The molecule has 1 heterocycles. The molecule has 0 saturated carbocycles. The van der Waals surface area contributed by atoms with Crippen LogP contribution in [0.5, 0.6) is 0 Å². The van der Waals surface area contributed by atoms with Gasteiger partial charge in [0, 0.05) is 12.2 Å². The van der Waals surface area contributed by atoms with Crippen LogP contribution in [0.1, 0.15) is 25.3 Å². The van der Waals surface area contributed by atoms with Crippen LogP contribution >= 0.6 is 0 Å². The largest absolute Gasteiger partial charge is 0.399 e. The van der Waals surface area contributed by atoms with Gasteiger partial charge in [0.15, 0.2) is 0 Å². The summed E-state index contributed by atoms with van der Waals surface area (Å²) < 4.78 is 13.1. The van der Waals surface area contributed by atoms with Crippen LogP contribution in [-0.2, 0) is 6.54 Å². The highest BCUT2D eigenvalue weighted by molar-refractivity contribution is 5.41. The molecule has 16 heavy (non-hydrogen) atoms. The maximum absolute atomic E-state index is 13.1. The first-order valence-corrected chi connectivity index (χ1v) is 5.91. The molecule has 0 aliphatic carbocycles. The number of halogens is 1. The fourth-order valence-corrected chi connectivity index (χ4v) is 2.25. The van der Waals surface area contributed by atoms with Gasteiger partial charge in [0.05, 0.1) is 0 Å². The lowest BCUT2D eigenvalue weighted by Gasteiger charge is -2.30. The van der Waals surface area contributed by atoms with Gasteiger partial charge >= 0.3 is 0 Å². The molecule has 2 nitrogen and oxygen atoms in total. The maximum Gasteiger partial charge on any atom is 0.125 e. The average molecular weight is 222 g/mol. The van der Waals surface area contributed by atoms with Gasteiger partial charge in [-0.1, -0.05) is 6.92 Å². The van der Waals surface area contributed by atoms with Crippen molar-refractivity contribution >= 4 is 5.69 Å². The van der Waals surface area contributed by atoms with Crippen molar-refractivity contribution in [1.82, 2.24) is 4.90 Å². The molecule has 3 heteroatoms. The molecule has 1 aromatic rings. The van der Waals surface area contributed by atoms with Crippen LogP contribution < -0.4 is 5.73 Å². The topological polar surface area (TPSA) is 29.3 Å². The first kappa shape index (κ1) is 11.4. The van der Waals surface area contributed by atoms with Crippen molar-refractivity contribution in [3.63, 3.8) is 0 Å². The summed E-state index contributed by atoms with van der Waals surface area (Å²) in [6.45, 7) is 5.32. The molecule has 0 spiro atoms. The summed E-state index contributed by atoms with van der Waals surface area (Å²) in [4.78, 5) is 2.37. The van der Waals surface area contributed by atoms with E-state index in [2.05, 4.69) is 11.8 Å². The van der Waals surface area contributed by atoms with E-state index in [0.717, 1.165) is 31.1 Å². The Morgan fingerprint density at radius 1 is 1.31 bits per heavy atom. The van der Waals surface area contributed by atoms with Crippen LogP contribution in [-0.4, -0.2) is 18.0 Å². The number of nitrogen functional groups attached to an aromatic ring is 1. The number of anilines is 1. The van der Waals surface area contributed by atoms with Crippen LogP contribution in [0.25, 0.3) is 0 Å². The molecule has 0 atom stereocenters. The second-order valence-electron chi connectivity index (χ2n) is 4.85. The zero-order chi connectivity index (χ0) is 11.5. The fourth-order valence-electron chi connectivity index (χ4n) is 2.25. The van der Waals surface area contributed by atoms with E-state index in [-0.39, 0.29) is 5.82 Å². The predicted octanol–water partition coefficient (Wildman–Crippen LogP) is 2.64. The van der Waals surface area contributed by atoms with Crippen LogP contribution in [0.3, 0.4) is 0 Å². The number of rotatable bonds is 2. The Morgan fingerprint density at radius 3 is 2.62 bits per heavy atom. The number of piperidine rings is 1. The van der Waals surface area contributed by atoms with Crippen molar-refractivity contribution in [2.24, 2.45) is 5.92 Å². The zero-order valence-corrected chi connectivity index (χ0v) is 9.75. The highest BCUT2D eigenvalue weighted by atomic mass is 19.1. The van der Waals surface area contributed by atoms with E-state index in [1.54, 1.807) is 6.07 Å². The van der Waals surface area contributed by atoms with Gasteiger partial charge < -0.3 is 5.73 Å². The van der Waals surface area contributed by atoms with Crippen LogP contribution in [0, 0.1) is 11.7 Å². The summed E-state index contributed by atoms with van der Waals surface area (Å²) >= 11 is 0. The van der Waals surface area contributed by atoms with E-state index in [4.69, 9.17) is 5.73 Å². The molecule has 1 aromatic carbocycles. The Kier molecular flexibility index (Phi) is 3.44. The number of nitrogens with two attached hydrogens (primary N) is 1. The summed E-state index contributed by atoms with van der Waals surface area (Å²) in [7, 11) is 0. The van der Waals surface area contributed by atoms with Crippen molar-refractivity contribution in [1.29, 1.82) is 0 Å². The lowest BCUT2D eigenvalue weighted by molar-refractivity contribution is 0.185. The minimum atomic E-state index is -0.236. The fraction of sp³-hybridized carbons (Fsp3) is 0.538. The molecular formula is C13H19FN2. The maximum atomic E-state index is 13.1. The number of benzene rings is 1. The normalized spacial score (nSPS) is 18.9. The molecule has 88 valence electrons. The third-order valence-corrected chi connectivity index (χ3v) is 3.26. The second-order valence-corrected chi connectivity index (χ2v) is 4.85. The first-order chi connectivity index (χ1) is 7.63. The molecule has 2 rings (SSSR count). The number of hydrogen-bond acceptors (Lipinski definition) is 2. The van der Waals surface area contributed by atoms with Gasteiger partial charge in [-0.3, -0.25) is 4.90 Å². The lowest BCUT2D eigenvalue weighted by atomic mass is 9.99. The first-order valence-electron chi connectivity index (χ1n) is 5.91. The molecule has 0 bridgehead atoms. The minimum absolute atomic E-state index is 0.236. The Bertz CT molecular complexity index is 337. The summed E-state index contributed by atoms with van der Waals surface area (Å²) in [6.07, 6.45) is 2.48. The van der Waals surface area contributed by atoms with Crippen LogP contribution in [0.2, 0.25) is 0 Å². The predicted molar refractivity (Wildman–Crippen MR) is 64.5 cm³/mol. The van der Waals surface area contributed by atoms with E-state index in [1.165, 1.54) is 18.9 Å². The standard InChI is InChI=1S/C13H19FN2/c1-10-2-4-16(5-3-10)9-11-6-12(14)8-13(15)7-11/h6-8,10H,2-5,9,15H2,1H3. The highest BCUT2D eigenvalue weighted by Crippen LogP contribution is 2.19. The monoisotopic (exact) mass is 222 g/mol. The molecule has 2 N–H and O–H groups in total. The molecular weight excluding hydrogens is 203 g/mol. The van der Waals surface area contributed by atoms with Crippen molar-refractivity contribution in [3.05, 3.63) is 29.6 Å². The van der Waals surface area contributed by atoms with Crippen LogP contribution in [0.4, 0.5) is 10.1 Å². The Hall–Kier alpha value is -1.09. The van der Waals surface area contributed by atoms with Gasteiger partial charge in [-0.15, -0.1) is 0 Å². The van der Waals surface area contributed by atoms with Crippen molar-refractivity contribution in [2.45, 2.75) is 26.3 Å². The Labute approximate surface area is 96.2 Å². The number of likely N-dealkylation sites (tertiary alicyclic amines) is 1. The molecule has 1 aliphatic heterocycles. The van der Waals surface area contributed by atoms with Gasteiger partial charge in [0.2, 0.25) is 0 Å². The molecule has 1 saturated heterocycles. The zero-order valence-electron chi connectivity index (χ0n) is 9.75. The lowest BCUT2D eigenvalue weighted by Crippen LogP contribution is -2.32. The summed E-state index contributed by atoms with van der Waals surface area (Å²) in [5.41, 5.74) is 7.12. The van der Waals surface area contributed by atoms with E-state index < -0.39 is 0 Å². The average Bonchev–Trinajstić information content (AvgIpc) is 2.20. The van der Waals surface area contributed by atoms with Gasteiger partial charge in [-0.25, -0.2) is 4.39 Å². The molecule has 1 aliphatic rings. The third-order valence-electron chi connectivity index (χ3n) is 3.26. The van der Waals surface area contributed by atoms with E-state index in [9.17, 15) is 4.39 Å². The van der Waals surface area contributed by atoms with Crippen molar-refractivity contribution < 1.29 is 4.39 Å². The van der Waals surface area contributed by atoms with E-state index in [1.807, 2.05) is 6.07 Å². The SMILES string of the molecule is CC1CCN(Cc2cc(N)cc(F)c2)CC1. The molecule has 0 aromatic heterocycles. The molecule has 0 amide bonds. The highest BCUT2D eigenvalue weighted by Gasteiger charge is 2.15. The summed E-state index contributed by atoms with van der Waals surface area (Å²) in [6, 6.07) is 4.80. The van der Waals surface area contributed by atoms with Gasteiger partial charge in [-0.2, -0.15) is 0 Å². The van der Waals surface area contributed by atoms with Gasteiger partial charge in [-0.05, 0) is 55.6 Å². The van der Waals surface area contributed by atoms with Crippen LogP contribution in [0.15, 0.2) is 18.2 Å². The summed E-state index contributed by atoms with van der Waals surface area (Å²) in [5, 5.41) is 0. The summed E-state index contributed by atoms with van der Waals surface area (Å²) in [5.74, 6) is 0.592. The third kappa shape index (κ3) is 2.95. The minimum Gasteiger partial charge on any atom is -0.399 e. The van der Waals surface area contributed by atoms with Crippen molar-refractivity contribution in [2.75, 3.05) is 18.8 Å². The quantitative estimate of drug-likeness (QED) is 0.779. The molecule has 0 unspecified atom stereocenters. The van der Waals surface area contributed by atoms with E-state index >= 15 is 0 Å². The van der Waals surface area contributed by atoms with E-state index in [0.29, 0.717) is 5.69 Å². The second kappa shape index (κ2) is 4.83. The Morgan fingerprint density at radius 2 is 2.00 bits per heavy atom. The van der Waals surface area contributed by atoms with Gasteiger partial charge in [0.25, 0.3) is 0 Å². The number of hydrogen-bond donors (Lipinski definition) is 1. The van der Waals surface area contributed by atoms with Gasteiger partial charge in [0.1, 0.15) is 5.82 Å². The molecule has 0 radical (unpaired) electrons. The smallest absolute Gasteiger partial charge is 0.125 e. The van der Waals surface area contributed by atoms with Crippen molar-refractivity contribution in [3.8, 4) is 0 Å². The molecule has 1 fully saturated rings.